The molecule has 4 heteroatoms. The number of rotatable bonds is 3. The number of benzene rings is 1. The molecule has 1 aromatic carbocycles. The minimum Gasteiger partial charge on any atom is -0.394 e. The molecule has 1 fully saturated rings. The summed E-state index contributed by atoms with van der Waals surface area (Å²) >= 11 is 3.39. The molecule has 2 rings (SSSR count). The Kier molecular flexibility index (Phi) is 5.40. The van der Waals surface area contributed by atoms with E-state index in [9.17, 15) is 9.90 Å². The lowest BCUT2D eigenvalue weighted by atomic mass is 10.1. The number of carbonyl (C=O) groups excluding carboxylic acids is 1. The van der Waals surface area contributed by atoms with Gasteiger partial charge in [0, 0.05) is 11.0 Å². The van der Waals surface area contributed by atoms with Gasteiger partial charge in [-0.15, -0.1) is 0 Å². The van der Waals surface area contributed by atoms with Crippen molar-refractivity contribution in [3.8, 4) is 0 Å². The van der Waals surface area contributed by atoms with Gasteiger partial charge in [0.25, 0.3) is 0 Å². The van der Waals surface area contributed by atoms with Crippen LogP contribution in [0.25, 0.3) is 0 Å². The first-order chi connectivity index (χ1) is 9.20. The fourth-order valence-corrected chi connectivity index (χ4v) is 2.84. The lowest BCUT2D eigenvalue weighted by Gasteiger charge is -2.28. The van der Waals surface area contributed by atoms with Crippen LogP contribution >= 0.6 is 15.9 Å². The van der Waals surface area contributed by atoms with Crippen molar-refractivity contribution < 1.29 is 9.90 Å². The van der Waals surface area contributed by atoms with Gasteiger partial charge in [-0.25, -0.2) is 0 Å². The van der Waals surface area contributed by atoms with Gasteiger partial charge in [0.2, 0.25) is 5.91 Å². The Bertz CT molecular complexity index is 419. The van der Waals surface area contributed by atoms with Gasteiger partial charge in [-0.1, -0.05) is 40.9 Å². The zero-order valence-corrected chi connectivity index (χ0v) is 12.6. The van der Waals surface area contributed by atoms with Crippen molar-refractivity contribution in [3.63, 3.8) is 0 Å². The Morgan fingerprint density at radius 2 is 2.00 bits per heavy atom. The van der Waals surface area contributed by atoms with E-state index in [0.717, 1.165) is 42.3 Å². The van der Waals surface area contributed by atoms with Crippen LogP contribution in [0, 0.1) is 0 Å². The summed E-state index contributed by atoms with van der Waals surface area (Å²) in [6, 6.07) is 7.84. The number of likely N-dealkylation sites (tertiary alicyclic amines) is 1. The molecule has 1 aliphatic rings. The Morgan fingerprint density at radius 1 is 1.26 bits per heavy atom. The molecule has 1 heterocycles. The van der Waals surface area contributed by atoms with Crippen LogP contribution in [0.5, 0.6) is 0 Å². The van der Waals surface area contributed by atoms with Crippen LogP contribution in [0.15, 0.2) is 28.7 Å². The van der Waals surface area contributed by atoms with Crippen LogP contribution in [0.3, 0.4) is 0 Å². The average Bonchev–Trinajstić information content (AvgIpc) is 2.66. The van der Waals surface area contributed by atoms with Crippen LogP contribution in [0.4, 0.5) is 0 Å². The van der Waals surface area contributed by atoms with Crippen LogP contribution in [-0.2, 0) is 11.2 Å². The molecule has 1 aliphatic heterocycles. The molecule has 3 nitrogen and oxygen atoms in total. The molecule has 0 aromatic heterocycles. The van der Waals surface area contributed by atoms with Gasteiger partial charge >= 0.3 is 0 Å². The number of hydrogen-bond acceptors (Lipinski definition) is 2. The molecular weight excluding hydrogens is 306 g/mol. The fourth-order valence-electron chi connectivity index (χ4n) is 2.57. The molecule has 1 N–H and O–H groups in total. The zero-order valence-electron chi connectivity index (χ0n) is 11.0. The van der Waals surface area contributed by atoms with Crippen molar-refractivity contribution >= 4 is 21.8 Å². The van der Waals surface area contributed by atoms with Crippen molar-refractivity contribution in [3.05, 3.63) is 34.3 Å². The Morgan fingerprint density at radius 3 is 2.68 bits per heavy atom. The van der Waals surface area contributed by atoms with Gasteiger partial charge in [-0.2, -0.15) is 0 Å². The lowest BCUT2D eigenvalue weighted by Crippen LogP contribution is -2.42. The van der Waals surface area contributed by atoms with Gasteiger partial charge in [0.15, 0.2) is 0 Å². The van der Waals surface area contributed by atoms with Gasteiger partial charge in [0.05, 0.1) is 19.1 Å². The highest BCUT2D eigenvalue weighted by molar-refractivity contribution is 9.10. The number of amides is 1. The van der Waals surface area contributed by atoms with Gasteiger partial charge in [0.1, 0.15) is 0 Å². The second kappa shape index (κ2) is 7.06. The highest BCUT2D eigenvalue weighted by Crippen LogP contribution is 2.18. The number of carbonyl (C=O) groups is 1. The number of aliphatic hydroxyl groups is 1. The number of hydrogen-bond donors (Lipinski definition) is 1. The van der Waals surface area contributed by atoms with E-state index in [4.69, 9.17) is 0 Å². The summed E-state index contributed by atoms with van der Waals surface area (Å²) in [7, 11) is 0. The van der Waals surface area contributed by atoms with Crippen molar-refractivity contribution in [1.82, 2.24) is 4.90 Å². The third kappa shape index (κ3) is 4.05. The normalized spacial score (nSPS) is 20.1. The number of nitrogens with zero attached hydrogens (tertiary/aromatic N) is 1. The van der Waals surface area contributed by atoms with Crippen LogP contribution in [-0.4, -0.2) is 35.1 Å². The number of aliphatic hydroxyl groups excluding tert-OH is 1. The van der Waals surface area contributed by atoms with E-state index in [2.05, 4.69) is 15.9 Å². The molecule has 0 spiro atoms. The minimum absolute atomic E-state index is 0.00504. The van der Waals surface area contributed by atoms with Gasteiger partial charge in [-0.3, -0.25) is 4.79 Å². The predicted octanol–water partition coefficient (Wildman–Crippen LogP) is 2.76. The molecule has 19 heavy (non-hydrogen) atoms. The lowest BCUT2D eigenvalue weighted by molar-refractivity contribution is -0.133. The molecule has 104 valence electrons. The smallest absolute Gasteiger partial charge is 0.227 e. The standard InChI is InChI=1S/C15H20BrNO2/c16-13-7-5-12(6-8-13)10-15(19)17-9-3-1-2-4-14(17)11-18/h5-8,14,18H,1-4,9-11H2. The summed E-state index contributed by atoms with van der Waals surface area (Å²) in [6.45, 7) is 0.854. The summed E-state index contributed by atoms with van der Waals surface area (Å²) in [4.78, 5) is 14.2. The summed E-state index contributed by atoms with van der Waals surface area (Å²) < 4.78 is 1.02. The van der Waals surface area contributed by atoms with Crippen molar-refractivity contribution in [2.75, 3.05) is 13.2 Å². The van der Waals surface area contributed by atoms with Gasteiger partial charge in [-0.05, 0) is 30.5 Å². The molecule has 0 saturated carbocycles. The summed E-state index contributed by atoms with van der Waals surface area (Å²) in [5.74, 6) is 0.128. The van der Waals surface area contributed by atoms with Crippen LogP contribution < -0.4 is 0 Å². The van der Waals surface area contributed by atoms with E-state index in [1.54, 1.807) is 0 Å². The van der Waals surface area contributed by atoms with E-state index in [0.29, 0.717) is 6.42 Å². The first-order valence-electron chi connectivity index (χ1n) is 6.85. The largest absolute Gasteiger partial charge is 0.394 e. The molecule has 1 saturated heterocycles. The van der Waals surface area contributed by atoms with Crippen molar-refractivity contribution in [2.24, 2.45) is 0 Å². The number of halogens is 1. The van der Waals surface area contributed by atoms with E-state index in [-0.39, 0.29) is 18.6 Å². The molecule has 0 bridgehead atoms. The summed E-state index contributed by atoms with van der Waals surface area (Å²) in [5.41, 5.74) is 1.02. The van der Waals surface area contributed by atoms with Crippen molar-refractivity contribution in [1.29, 1.82) is 0 Å². The Balaban J connectivity index is 2.02. The highest BCUT2D eigenvalue weighted by Gasteiger charge is 2.24. The zero-order chi connectivity index (χ0) is 13.7. The predicted molar refractivity (Wildman–Crippen MR) is 78.9 cm³/mol. The van der Waals surface area contributed by atoms with E-state index < -0.39 is 0 Å². The molecule has 1 aromatic rings. The summed E-state index contributed by atoms with van der Waals surface area (Å²) in [5, 5.41) is 9.44. The monoisotopic (exact) mass is 325 g/mol. The molecule has 1 atom stereocenters. The topological polar surface area (TPSA) is 40.5 Å². The Labute approximate surface area is 122 Å². The highest BCUT2D eigenvalue weighted by atomic mass is 79.9. The SMILES string of the molecule is O=C(Cc1ccc(Br)cc1)N1CCCCCC1CO. The maximum Gasteiger partial charge on any atom is 0.227 e. The molecule has 1 amide bonds. The van der Waals surface area contributed by atoms with Gasteiger partial charge < -0.3 is 10.0 Å². The van der Waals surface area contributed by atoms with E-state index >= 15 is 0 Å². The van der Waals surface area contributed by atoms with E-state index in [1.807, 2.05) is 29.2 Å². The minimum atomic E-state index is 0.00504. The van der Waals surface area contributed by atoms with Crippen LogP contribution in [0.1, 0.15) is 31.2 Å². The van der Waals surface area contributed by atoms with Crippen molar-refractivity contribution in [2.45, 2.75) is 38.1 Å². The second-order valence-corrected chi connectivity index (χ2v) is 5.99. The molecule has 1 unspecified atom stereocenters. The fraction of sp³-hybridized carbons (Fsp3) is 0.533. The molecular formula is C15H20BrNO2. The quantitative estimate of drug-likeness (QED) is 0.928. The third-order valence-electron chi connectivity index (χ3n) is 3.68. The Hall–Kier alpha value is -0.870. The van der Waals surface area contributed by atoms with E-state index in [1.165, 1.54) is 0 Å². The first kappa shape index (κ1) is 14.5. The third-order valence-corrected chi connectivity index (χ3v) is 4.21. The first-order valence-corrected chi connectivity index (χ1v) is 7.65. The summed E-state index contributed by atoms with van der Waals surface area (Å²) in [6.07, 6.45) is 4.64. The molecule has 0 radical (unpaired) electrons. The maximum absolute atomic E-state index is 12.4. The maximum atomic E-state index is 12.4. The van der Waals surface area contributed by atoms with Crippen LogP contribution in [0.2, 0.25) is 0 Å². The average molecular weight is 326 g/mol. The second-order valence-electron chi connectivity index (χ2n) is 5.08. The molecule has 0 aliphatic carbocycles.